The van der Waals surface area contributed by atoms with Crippen LogP contribution >= 0.6 is 0 Å². The molecule has 0 aliphatic carbocycles. The van der Waals surface area contributed by atoms with E-state index in [0.29, 0.717) is 0 Å². The van der Waals surface area contributed by atoms with Gasteiger partial charge in [-0.2, -0.15) is 5.26 Å². The number of ether oxygens (including phenoxy) is 1. The van der Waals surface area contributed by atoms with Gasteiger partial charge in [-0.15, -0.1) is 0 Å². The predicted octanol–water partition coefficient (Wildman–Crippen LogP) is 4.53. The molecule has 0 aliphatic rings. The lowest BCUT2D eigenvalue weighted by atomic mass is 10.0. The third-order valence-electron chi connectivity index (χ3n) is 3.64. The van der Waals surface area contributed by atoms with E-state index < -0.39 is 6.04 Å². The van der Waals surface area contributed by atoms with Crippen LogP contribution in [-0.2, 0) is 0 Å². The number of fused-ring (bicyclic) bond motifs is 1. The molecular weight excluding hydrogens is 272 g/mol. The number of hydrogen-bond acceptors (Lipinski definition) is 3. The first kappa shape index (κ1) is 14.0. The molecule has 3 aromatic rings. The highest BCUT2D eigenvalue weighted by Crippen LogP contribution is 2.24. The summed E-state index contributed by atoms with van der Waals surface area (Å²) >= 11 is 0. The van der Waals surface area contributed by atoms with Crippen molar-refractivity contribution in [2.45, 2.75) is 6.04 Å². The highest BCUT2D eigenvalue weighted by Gasteiger charge is 2.10. The van der Waals surface area contributed by atoms with E-state index in [4.69, 9.17) is 4.74 Å². The fraction of sp³-hybridized carbons (Fsp3) is 0.105. The number of nitrogens with one attached hydrogen (secondary N) is 1. The van der Waals surface area contributed by atoms with E-state index in [1.165, 1.54) is 5.39 Å². The molecule has 0 radical (unpaired) electrons. The van der Waals surface area contributed by atoms with Gasteiger partial charge in [0.2, 0.25) is 0 Å². The third kappa shape index (κ3) is 2.87. The maximum Gasteiger partial charge on any atom is 0.140 e. The number of nitriles is 1. The second kappa shape index (κ2) is 6.19. The van der Waals surface area contributed by atoms with E-state index >= 15 is 0 Å². The van der Waals surface area contributed by atoms with Crippen molar-refractivity contribution >= 4 is 16.5 Å². The number of methoxy groups -OCH3 is 1. The predicted molar refractivity (Wildman–Crippen MR) is 88.9 cm³/mol. The van der Waals surface area contributed by atoms with E-state index in [-0.39, 0.29) is 0 Å². The number of hydrogen-bond donors (Lipinski definition) is 1. The van der Waals surface area contributed by atoms with Gasteiger partial charge >= 0.3 is 0 Å². The van der Waals surface area contributed by atoms with E-state index in [0.717, 1.165) is 22.4 Å². The molecular formula is C19H16N2O. The minimum atomic E-state index is -0.391. The van der Waals surface area contributed by atoms with E-state index in [1.54, 1.807) is 7.11 Å². The lowest BCUT2D eigenvalue weighted by Crippen LogP contribution is -2.08. The van der Waals surface area contributed by atoms with Crippen molar-refractivity contribution in [3.8, 4) is 11.8 Å². The Bertz CT molecular complexity index is 819. The van der Waals surface area contributed by atoms with Crippen molar-refractivity contribution < 1.29 is 4.74 Å². The SMILES string of the molecule is COc1ccc(NC(C#N)c2ccc3ccccc3c2)cc1. The molecule has 0 aliphatic heterocycles. The van der Waals surface area contributed by atoms with Crippen LogP contribution in [0.5, 0.6) is 5.75 Å². The Morgan fingerprint density at radius 3 is 2.36 bits per heavy atom. The normalized spacial score (nSPS) is 11.6. The van der Waals surface area contributed by atoms with Gasteiger partial charge in [0.15, 0.2) is 0 Å². The zero-order valence-electron chi connectivity index (χ0n) is 12.3. The van der Waals surface area contributed by atoms with Gasteiger partial charge in [-0.1, -0.05) is 36.4 Å². The van der Waals surface area contributed by atoms with Crippen LogP contribution in [0.4, 0.5) is 5.69 Å². The molecule has 3 aromatic carbocycles. The lowest BCUT2D eigenvalue weighted by Gasteiger charge is -2.14. The summed E-state index contributed by atoms with van der Waals surface area (Å²) in [6, 6.07) is 23.7. The largest absolute Gasteiger partial charge is 0.497 e. The minimum Gasteiger partial charge on any atom is -0.497 e. The van der Waals surface area contributed by atoms with E-state index in [1.807, 2.05) is 48.5 Å². The molecule has 22 heavy (non-hydrogen) atoms. The van der Waals surface area contributed by atoms with E-state index in [2.05, 4.69) is 29.6 Å². The minimum absolute atomic E-state index is 0.391. The van der Waals surface area contributed by atoms with Crippen molar-refractivity contribution in [1.82, 2.24) is 0 Å². The standard InChI is InChI=1S/C19H16N2O/c1-22-18-10-8-17(9-11-18)21-19(13-20)16-7-6-14-4-2-3-5-15(14)12-16/h2-12,19,21H,1H3. The van der Waals surface area contributed by atoms with Crippen LogP contribution in [0.15, 0.2) is 66.7 Å². The maximum atomic E-state index is 9.48. The highest BCUT2D eigenvalue weighted by molar-refractivity contribution is 5.83. The summed E-state index contributed by atoms with van der Waals surface area (Å²) in [6.45, 7) is 0. The molecule has 108 valence electrons. The Kier molecular flexibility index (Phi) is 3.93. The van der Waals surface area contributed by atoms with Crippen LogP contribution in [0, 0.1) is 11.3 Å². The molecule has 1 N–H and O–H groups in total. The van der Waals surface area contributed by atoms with Crippen LogP contribution in [0.1, 0.15) is 11.6 Å². The molecule has 0 heterocycles. The first-order chi connectivity index (χ1) is 10.8. The number of nitrogens with zero attached hydrogens (tertiary/aromatic N) is 1. The zero-order valence-corrected chi connectivity index (χ0v) is 12.3. The summed E-state index contributed by atoms with van der Waals surface area (Å²) in [5, 5.41) is 15.0. The second-order valence-corrected chi connectivity index (χ2v) is 5.04. The van der Waals surface area contributed by atoms with Gasteiger partial charge < -0.3 is 10.1 Å². The second-order valence-electron chi connectivity index (χ2n) is 5.04. The monoisotopic (exact) mass is 288 g/mol. The molecule has 0 saturated heterocycles. The van der Waals surface area contributed by atoms with Crippen molar-refractivity contribution in [3.05, 3.63) is 72.3 Å². The first-order valence-corrected chi connectivity index (χ1v) is 7.09. The van der Waals surface area contributed by atoms with Crippen molar-refractivity contribution in [2.75, 3.05) is 12.4 Å². The van der Waals surface area contributed by atoms with Crippen molar-refractivity contribution in [1.29, 1.82) is 5.26 Å². The summed E-state index contributed by atoms with van der Waals surface area (Å²) in [4.78, 5) is 0. The summed E-state index contributed by atoms with van der Waals surface area (Å²) in [5.41, 5.74) is 1.84. The average Bonchev–Trinajstić information content (AvgIpc) is 2.59. The number of anilines is 1. The van der Waals surface area contributed by atoms with Crippen molar-refractivity contribution in [3.63, 3.8) is 0 Å². The van der Waals surface area contributed by atoms with Crippen LogP contribution in [-0.4, -0.2) is 7.11 Å². The molecule has 0 fully saturated rings. The van der Waals surface area contributed by atoms with Crippen molar-refractivity contribution in [2.24, 2.45) is 0 Å². The average molecular weight is 288 g/mol. The lowest BCUT2D eigenvalue weighted by molar-refractivity contribution is 0.415. The molecule has 3 rings (SSSR count). The quantitative estimate of drug-likeness (QED) is 0.767. The number of rotatable bonds is 4. The van der Waals surface area contributed by atoms with Gasteiger partial charge in [-0.25, -0.2) is 0 Å². The maximum absolute atomic E-state index is 9.48. The topological polar surface area (TPSA) is 45.0 Å². The third-order valence-corrected chi connectivity index (χ3v) is 3.64. The van der Waals surface area contributed by atoms with Gasteiger partial charge in [0.25, 0.3) is 0 Å². The van der Waals surface area contributed by atoms with Gasteiger partial charge in [0, 0.05) is 5.69 Å². The molecule has 0 spiro atoms. The van der Waals surface area contributed by atoms with Crippen LogP contribution < -0.4 is 10.1 Å². The molecule has 0 bridgehead atoms. The van der Waals surface area contributed by atoms with Crippen LogP contribution in [0.3, 0.4) is 0 Å². The molecule has 0 saturated carbocycles. The number of benzene rings is 3. The highest BCUT2D eigenvalue weighted by atomic mass is 16.5. The Morgan fingerprint density at radius 1 is 0.955 bits per heavy atom. The summed E-state index contributed by atoms with van der Waals surface area (Å²) in [5.74, 6) is 0.796. The molecule has 1 unspecified atom stereocenters. The van der Waals surface area contributed by atoms with E-state index in [9.17, 15) is 5.26 Å². The van der Waals surface area contributed by atoms with Crippen LogP contribution in [0.2, 0.25) is 0 Å². The van der Waals surface area contributed by atoms with Gasteiger partial charge in [0.1, 0.15) is 11.8 Å². The smallest absolute Gasteiger partial charge is 0.140 e. The summed E-state index contributed by atoms with van der Waals surface area (Å²) < 4.78 is 5.14. The Labute approximate surface area is 129 Å². The Balaban J connectivity index is 1.87. The molecule has 3 heteroatoms. The van der Waals surface area contributed by atoms with Gasteiger partial charge in [-0.3, -0.25) is 0 Å². The molecule has 1 atom stereocenters. The molecule has 0 amide bonds. The molecule has 3 nitrogen and oxygen atoms in total. The molecule has 0 aromatic heterocycles. The first-order valence-electron chi connectivity index (χ1n) is 7.09. The fourth-order valence-corrected chi connectivity index (χ4v) is 2.43. The van der Waals surface area contributed by atoms with Crippen LogP contribution in [0.25, 0.3) is 10.8 Å². The fourth-order valence-electron chi connectivity index (χ4n) is 2.43. The summed E-state index contributed by atoms with van der Waals surface area (Å²) in [7, 11) is 1.63. The van der Waals surface area contributed by atoms with Gasteiger partial charge in [-0.05, 0) is 46.7 Å². The Hall–Kier alpha value is -2.99. The summed E-state index contributed by atoms with van der Waals surface area (Å²) in [6.07, 6.45) is 0. The zero-order chi connectivity index (χ0) is 15.4. The Morgan fingerprint density at radius 2 is 1.68 bits per heavy atom. The van der Waals surface area contributed by atoms with Gasteiger partial charge in [0.05, 0.1) is 13.2 Å².